The van der Waals surface area contributed by atoms with E-state index >= 15 is 0 Å². The molecule has 0 aliphatic carbocycles. The second-order valence-electron chi connectivity index (χ2n) is 5.66. The number of carbonyl (C=O) groups excluding carboxylic acids is 1. The number of ether oxygens (including phenoxy) is 1. The molecule has 4 heteroatoms. The zero-order valence-corrected chi connectivity index (χ0v) is 12.3. The van der Waals surface area contributed by atoms with E-state index in [2.05, 4.69) is 24.5 Å². The van der Waals surface area contributed by atoms with Gasteiger partial charge in [-0.1, -0.05) is 32.0 Å². The van der Waals surface area contributed by atoms with Gasteiger partial charge in [-0.25, -0.2) is 0 Å². The van der Waals surface area contributed by atoms with Gasteiger partial charge in [0.2, 0.25) is 5.91 Å². The maximum absolute atomic E-state index is 12.4. The first-order chi connectivity index (χ1) is 9.65. The summed E-state index contributed by atoms with van der Waals surface area (Å²) in [5.41, 5.74) is -0.257. The average molecular weight is 276 g/mol. The van der Waals surface area contributed by atoms with Crippen molar-refractivity contribution in [3.63, 3.8) is 0 Å². The van der Waals surface area contributed by atoms with E-state index in [-0.39, 0.29) is 11.3 Å². The van der Waals surface area contributed by atoms with E-state index < -0.39 is 0 Å². The molecule has 4 nitrogen and oxygen atoms in total. The van der Waals surface area contributed by atoms with Gasteiger partial charge in [0.15, 0.2) is 0 Å². The zero-order valence-electron chi connectivity index (χ0n) is 12.3. The highest BCUT2D eigenvalue weighted by Gasteiger charge is 2.43. The van der Waals surface area contributed by atoms with Crippen LogP contribution in [0.4, 0.5) is 0 Å². The number of amides is 1. The summed E-state index contributed by atoms with van der Waals surface area (Å²) in [7, 11) is 0. The van der Waals surface area contributed by atoms with Gasteiger partial charge in [0.1, 0.15) is 12.4 Å². The molecular weight excluding hydrogens is 252 g/mol. The Bertz CT molecular complexity index is 425. The molecule has 1 fully saturated rings. The lowest BCUT2D eigenvalue weighted by atomic mass is 9.75. The molecule has 0 bridgehead atoms. The van der Waals surface area contributed by atoms with E-state index in [1.54, 1.807) is 0 Å². The highest BCUT2D eigenvalue weighted by molar-refractivity contribution is 5.83. The van der Waals surface area contributed by atoms with Crippen LogP contribution in [0.3, 0.4) is 0 Å². The maximum Gasteiger partial charge on any atom is 0.227 e. The fourth-order valence-electron chi connectivity index (χ4n) is 2.69. The Morgan fingerprint density at radius 2 is 2.15 bits per heavy atom. The fourth-order valence-corrected chi connectivity index (χ4v) is 2.69. The molecule has 0 saturated carbocycles. The predicted octanol–water partition coefficient (Wildman–Crippen LogP) is 1.82. The summed E-state index contributed by atoms with van der Waals surface area (Å²) in [6.07, 6.45) is 0.913. The maximum atomic E-state index is 12.4. The normalized spacial score (nSPS) is 21.9. The number of hydrogen-bond donors (Lipinski definition) is 2. The molecule has 0 aromatic heterocycles. The van der Waals surface area contributed by atoms with Gasteiger partial charge in [-0.2, -0.15) is 0 Å². The van der Waals surface area contributed by atoms with Crippen LogP contribution < -0.4 is 15.4 Å². The van der Waals surface area contributed by atoms with Crippen molar-refractivity contribution in [1.29, 1.82) is 0 Å². The monoisotopic (exact) mass is 276 g/mol. The topological polar surface area (TPSA) is 50.4 Å². The molecule has 0 spiro atoms. The number of nitrogens with one attached hydrogen (secondary N) is 2. The lowest BCUT2D eigenvalue weighted by molar-refractivity contribution is -0.132. The van der Waals surface area contributed by atoms with Crippen LogP contribution in [0.15, 0.2) is 30.3 Å². The minimum Gasteiger partial charge on any atom is -0.492 e. The van der Waals surface area contributed by atoms with Gasteiger partial charge >= 0.3 is 0 Å². The summed E-state index contributed by atoms with van der Waals surface area (Å²) >= 11 is 0. The summed E-state index contributed by atoms with van der Waals surface area (Å²) in [6.45, 7) is 6.97. The number of para-hydroxylation sites is 1. The Morgan fingerprint density at radius 1 is 1.40 bits per heavy atom. The number of benzene rings is 1. The summed E-state index contributed by atoms with van der Waals surface area (Å²) in [5, 5.41) is 6.31. The van der Waals surface area contributed by atoms with Crippen LogP contribution >= 0.6 is 0 Å². The van der Waals surface area contributed by atoms with Gasteiger partial charge < -0.3 is 15.4 Å². The molecule has 1 saturated heterocycles. The Morgan fingerprint density at radius 3 is 2.75 bits per heavy atom. The fraction of sp³-hybridized carbons (Fsp3) is 0.562. The van der Waals surface area contributed by atoms with Gasteiger partial charge in [-0.15, -0.1) is 0 Å². The van der Waals surface area contributed by atoms with Crippen LogP contribution in [0.2, 0.25) is 0 Å². The molecule has 0 radical (unpaired) electrons. The zero-order chi connectivity index (χ0) is 14.4. The molecule has 1 unspecified atom stereocenters. The number of rotatable bonds is 6. The molecule has 2 rings (SSSR count). The van der Waals surface area contributed by atoms with Crippen molar-refractivity contribution >= 4 is 5.91 Å². The third-order valence-electron chi connectivity index (χ3n) is 4.15. The first-order valence-electron chi connectivity index (χ1n) is 7.32. The minimum atomic E-state index is -0.257. The smallest absolute Gasteiger partial charge is 0.227 e. The van der Waals surface area contributed by atoms with Crippen LogP contribution in [-0.2, 0) is 4.79 Å². The lowest BCUT2D eigenvalue weighted by Crippen LogP contribution is -2.47. The van der Waals surface area contributed by atoms with Gasteiger partial charge in [-0.05, 0) is 31.0 Å². The quantitative estimate of drug-likeness (QED) is 0.779. The first-order valence-corrected chi connectivity index (χ1v) is 7.32. The van der Waals surface area contributed by atoms with E-state index in [4.69, 9.17) is 4.74 Å². The minimum absolute atomic E-state index is 0.147. The molecule has 20 heavy (non-hydrogen) atoms. The van der Waals surface area contributed by atoms with E-state index in [1.807, 2.05) is 30.3 Å². The van der Waals surface area contributed by atoms with Crippen molar-refractivity contribution in [3.8, 4) is 5.75 Å². The van der Waals surface area contributed by atoms with Gasteiger partial charge in [-0.3, -0.25) is 4.79 Å². The predicted molar refractivity (Wildman–Crippen MR) is 79.7 cm³/mol. The van der Waals surface area contributed by atoms with Crippen molar-refractivity contribution in [2.45, 2.75) is 20.3 Å². The van der Waals surface area contributed by atoms with E-state index in [1.165, 1.54) is 0 Å². The van der Waals surface area contributed by atoms with Crippen LogP contribution in [0, 0.1) is 11.3 Å². The van der Waals surface area contributed by atoms with Crippen molar-refractivity contribution < 1.29 is 9.53 Å². The molecule has 1 heterocycles. The molecule has 1 amide bonds. The molecule has 1 atom stereocenters. The highest BCUT2D eigenvalue weighted by Crippen LogP contribution is 2.34. The van der Waals surface area contributed by atoms with Gasteiger partial charge in [0.05, 0.1) is 12.0 Å². The van der Waals surface area contributed by atoms with Crippen molar-refractivity contribution in [1.82, 2.24) is 10.6 Å². The highest BCUT2D eigenvalue weighted by atomic mass is 16.5. The van der Waals surface area contributed by atoms with E-state index in [0.717, 1.165) is 25.3 Å². The summed E-state index contributed by atoms with van der Waals surface area (Å²) in [6, 6.07) is 9.66. The molecule has 110 valence electrons. The first kappa shape index (κ1) is 14.9. The molecular formula is C16H24N2O2. The molecule has 1 aliphatic heterocycles. The Hall–Kier alpha value is -1.55. The number of hydrogen-bond acceptors (Lipinski definition) is 3. The SMILES string of the molecule is CC(C)C1(C(=O)NCCOc2ccccc2)CCNC1. The van der Waals surface area contributed by atoms with Crippen LogP contribution in [0.1, 0.15) is 20.3 Å². The molecule has 1 aliphatic rings. The second-order valence-corrected chi connectivity index (χ2v) is 5.66. The van der Waals surface area contributed by atoms with Crippen LogP contribution in [0.5, 0.6) is 5.75 Å². The van der Waals surface area contributed by atoms with Gasteiger partial charge in [0.25, 0.3) is 0 Å². The average Bonchev–Trinajstić information content (AvgIpc) is 2.95. The van der Waals surface area contributed by atoms with Crippen molar-refractivity contribution in [3.05, 3.63) is 30.3 Å². The molecule has 2 N–H and O–H groups in total. The van der Waals surface area contributed by atoms with E-state index in [0.29, 0.717) is 19.1 Å². The van der Waals surface area contributed by atoms with Crippen LogP contribution in [-0.4, -0.2) is 32.1 Å². The summed E-state index contributed by atoms with van der Waals surface area (Å²) in [5.74, 6) is 1.32. The van der Waals surface area contributed by atoms with Gasteiger partial charge in [0, 0.05) is 6.54 Å². The summed E-state index contributed by atoms with van der Waals surface area (Å²) < 4.78 is 5.58. The third kappa shape index (κ3) is 3.31. The Kier molecular flexibility index (Phi) is 5.01. The second kappa shape index (κ2) is 6.75. The molecule has 1 aromatic rings. The third-order valence-corrected chi connectivity index (χ3v) is 4.15. The largest absolute Gasteiger partial charge is 0.492 e. The van der Waals surface area contributed by atoms with Crippen LogP contribution in [0.25, 0.3) is 0 Å². The lowest BCUT2D eigenvalue weighted by Gasteiger charge is -2.31. The standard InChI is InChI=1S/C16H24N2O2/c1-13(2)16(8-9-17-12-16)15(19)18-10-11-20-14-6-4-3-5-7-14/h3-7,13,17H,8-12H2,1-2H3,(H,18,19). The molecule has 1 aromatic carbocycles. The van der Waals surface area contributed by atoms with Crippen molar-refractivity contribution in [2.24, 2.45) is 11.3 Å². The number of carbonyl (C=O) groups is 1. The van der Waals surface area contributed by atoms with Crippen molar-refractivity contribution in [2.75, 3.05) is 26.2 Å². The summed E-state index contributed by atoms with van der Waals surface area (Å²) in [4.78, 5) is 12.4. The van der Waals surface area contributed by atoms with E-state index in [9.17, 15) is 4.79 Å². The Labute approximate surface area is 120 Å². The Balaban J connectivity index is 1.77.